The molecule has 1 unspecified atom stereocenters. The van der Waals surface area contributed by atoms with Gasteiger partial charge in [-0.3, -0.25) is 0 Å². The minimum absolute atomic E-state index is 0.181. The molecule has 0 bridgehead atoms. The van der Waals surface area contributed by atoms with Gasteiger partial charge in [-0.05, 0) is 17.7 Å². The number of amides is 4. The van der Waals surface area contributed by atoms with Crippen LogP contribution in [-0.2, 0) is 4.79 Å². The first-order valence-electron chi connectivity index (χ1n) is 7.66. The molecule has 128 valence electrons. The third-order valence-corrected chi connectivity index (χ3v) is 3.67. The van der Waals surface area contributed by atoms with Gasteiger partial charge in [0.25, 0.3) is 0 Å². The molecule has 1 fully saturated rings. The number of nitrogens with zero attached hydrogens (tertiary/aromatic N) is 3. The van der Waals surface area contributed by atoms with Crippen molar-refractivity contribution in [3.63, 3.8) is 0 Å². The second kappa shape index (κ2) is 7.43. The summed E-state index contributed by atoms with van der Waals surface area (Å²) in [6.07, 6.45) is 3.52. The molecule has 1 saturated heterocycles. The number of hydrogen-bond donors (Lipinski definition) is 1. The van der Waals surface area contributed by atoms with E-state index in [0.29, 0.717) is 17.6 Å². The van der Waals surface area contributed by atoms with Crippen LogP contribution < -0.4 is 5.32 Å². The van der Waals surface area contributed by atoms with E-state index >= 15 is 0 Å². The Morgan fingerprint density at radius 2 is 2.00 bits per heavy atom. The molecule has 2 heterocycles. The van der Waals surface area contributed by atoms with Gasteiger partial charge in [0.15, 0.2) is 0 Å². The van der Waals surface area contributed by atoms with Crippen molar-refractivity contribution in [2.45, 2.75) is 6.04 Å². The lowest BCUT2D eigenvalue weighted by atomic mass is 10.1. The van der Waals surface area contributed by atoms with Crippen LogP contribution in [0.15, 0.2) is 58.2 Å². The van der Waals surface area contributed by atoms with E-state index in [0.717, 1.165) is 4.90 Å². The zero-order valence-corrected chi connectivity index (χ0v) is 13.2. The standard InChI is InChI=1S/C17H16N4O4/c22-12-15(13-5-2-1-3-6-13)19-16(23)20-8-9-21(17(20)24)18-11-14-7-4-10-25-14/h1-7,10-12,15H,8-9H2,(H,19,23)/b18-11+. The summed E-state index contributed by atoms with van der Waals surface area (Å²) in [5, 5.41) is 7.72. The van der Waals surface area contributed by atoms with Crippen LogP contribution in [0, 0.1) is 0 Å². The van der Waals surface area contributed by atoms with Gasteiger partial charge in [0, 0.05) is 0 Å². The van der Waals surface area contributed by atoms with Crippen LogP contribution >= 0.6 is 0 Å². The third-order valence-electron chi connectivity index (χ3n) is 3.67. The number of hydrogen-bond acceptors (Lipinski definition) is 5. The molecule has 1 aromatic carbocycles. The van der Waals surface area contributed by atoms with Gasteiger partial charge in [0.1, 0.15) is 18.1 Å². The second-order valence-electron chi connectivity index (χ2n) is 5.29. The minimum atomic E-state index is -0.817. The summed E-state index contributed by atoms with van der Waals surface area (Å²) in [6, 6.07) is 10.2. The molecule has 1 atom stereocenters. The Kier molecular flexibility index (Phi) is 4.89. The second-order valence-corrected chi connectivity index (χ2v) is 5.29. The van der Waals surface area contributed by atoms with Gasteiger partial charge >= 0.3 is 12.1 Å². The summed E-state index contributed by atoms with van der Waals surface area (Å²) in [5.74, 6) is 0.501. The van der Waals surface area contributed by atoms with Gasteiger partial charge < -0.3 is 14.5 Å². The molecule has 0 spiro atoms. The molecule has 4 amide bonds. The maximum absolute atomic E-state index is 12.3. The van der Waals surface area contributed by atoms with Crippen LogP contribution in [0.3, 0.4) is 0 Å². The van der Waals surface area contributed by atoms with Gasteiger partial charge in [-0.25, -0.2) is 19.5 Å². The first-order chi connectivity index (χ1) is 12.2. The molecule has 1 N–H and O–H groups in total. The smallest absolute Gasteiger partial charge is 0.348 e. The topological polar surface area (TPSA) is 95.2 Å². The molecule has 1 aromatic heterocycles. The van der Waals surface area contributed by atoms with Crippen LogP contribution in [-0.4, -0.2) is 47.6 Å². The normalized spacial score (nSPS) is 15.6. The van der Waals surface area contributed by atoms with Gasteiger partial charge in [-0.2, -0.15) is 5.10 Å². The zero-order valence-electron chi connectivity index (χ0n) is 13.2. The molecule has 0 aliphatic carbocycles. The molecule has 1 aliphatic rings. The van der Waals surface area contributed by atoms with Crippen LogP contribution in [0.1, 0.15) is 17.4 Å². The van der Waals surface area contributed by atoms with Crippen molar-refractivity contribution >= 4 is 24.6 Å². The fourth-order valence-corrected chi connectivity index (χ4v) is 2.38. The maximum atomic E-state index is 12.3. The predicted octanol–water partition coefficient (Wildman–Crippen LogP) is 2.00. The van der Waals surface area contributed by atoms with Gasteiger partial charge in [0.05, 0.1) is 25.6 Å². The van der Waals surface area contributed by atoms with E-state index in [1.807, 2.05) is 6.07 Å². The number of benzene rings is 1. The number of urea groups is 2. The summed E-state index contributed by atoms with van der Waals surface area (Å²) in [6.45, 7) is 0.446. The lowest BCUT2D eigenvalue weighted by molar-refractivity contribution is -0.109. The summed E-state index contributed by atoms with van der Waals surface area (Å²) in [4.78, 5) is 36.9. The lowest BCUT2D eigenvalue weighted by Crippen LogP contribution is -2.43. The SMILES string of the molecule is O=CC(NC(=O)N1CCN(/N=C/c2ccco2)C1=O)c1ccccc1. The molecule has 8 nitrogen and oxygen atoms in total. The highest BCUT2D eigenvalue weighted by Crippen LogP contribution is 2.14. The average molecular weight is 340 g/mol. The lowest BCUT2D eigenvalue weighted by Gasteiger charge is -2.18. The summed E-state index contributed by atoms with van der Waals surface area (Å²) < 4.78 is 5.10. The number of hydrazone groups is 1. The molecule has 8 heteroatoms. The van der Waals surface area contributed by atoms with E-state index < -0.39 is 18.1 Å². The highest BCUT2D eigenvalue weighted by atomic mass is 16.3. The number of carbonyl (C=O) groups excluding carboxylic acids is 3. The fraction of sp³-hybridized carbons (Fsp3) is 0.176. The van der Waals surface area contributed by atoms with Crippen molar-refractivity contribution in [1.82, 2.24) is 15.2 Å². The van der Waals surface area contributed by atoms with E-state index in [9.17, 15) is 14.4 Å². The first-order valence-corrected chi connectivity index (χ1v) is 7.66. The van der Waals surface area contributed by atoms with Gasteiger partial charge in [-0.15, -0.1) is 0 Å². The summed E-state index contributed by atoms with van der Waals surface area (Å²) in [7, 11) is 0. The summed E-state index contributed by atoms with van der Waals surface area (Å²) >= 11 is 0. The van der Waals surface area contributed by atoms with E-state index in [2.05, 4.69) is 10.4 Å². The van der Waals surface area contributed by atoms with Crippen molar-refractivity contribution in [3.8, 4) is 0 Å². The molecule has 2 aromatic rings. The Hall–Kier alpha value is -3.42. The molecule has 0 saturated carbocycles. The average Bonchev–Trinajstić information content (AvgIpc) is 3.28. The predicted molar refractivity (Wildman–Crippen MR) is 88.9 cm³/mol. The van der Waals surface area contributed by atoms with Crippen LogP contribution in [0.4, 0.5) is 9.59 Å². The van der Waals surface area contributed by atoms with Crippen molar-refractivity contribution in [2.75, 3.05) is 13.1 Å². The van der Waals surface area contributed by atoms with Crippen LogP contribution in [0.25, 0.3) is 0 Å². The van der Waals surface area contributed by atoms with E-state index in [4.69, 9.17) is 4.42 Å². The number of rotatable bonds is 5. The van der Waals surface area contributed by atoms with Gasteiger partial charge in [0.2, 0.25) is 0 Å². The van der Waals surface area contributed by atoms with Crippen molar-refractivity contribution in [1.29, 1.82) is 0 Å². The number of carbonyl (C=O) groups is 3. The van der Waals surface area contributed by atoms with Crippen molar-refractivity contribution < 1.29 is 18.8 Å². The van der Waals surface area contributed by atoms with Crippen molar-refractivity contribution in [3.05, 3.63) is 60.1 Å². The Bertz CT molecular complexity index is 773. The number of nitrogens with one attached hydrogen (secondary N) is 1. The van der Waals surface area contributed by atoms with Crippen LogP contribution in [0.2, 0.25) is 0 Å². The van der Waals surface area contributed by atoms with E-state index in [1.54, 1.807) is 36.4 Å². The maximum Gasteiger partial charge on any atom is 0.348 e. The molecular formula is C17H16N4O4. The van der Waals surface area contributed by atoms with Crippen molar-refractivity contribution in [2.24, 2.45) is 5.10 Å². The number of furan rings is 1. The first kappa shape index (κ1) is 16.4. The molecule has 25 heavy (non-hydrogen) atoms. The molecular weight excluding hydrogens is 324 g/mol. The largest absolute Gasteiger partial charge is 0.463 e. The highest BCUT2D eigenvalue weighted by Gasteiger charge is 2.34. The van der Waals surface area contributed by atoms with Gasteiger partial charge in [-0.1, -0.05) is 30.3 Å². The molecule has 1 aliphatic heterocycles. The Morgan fingerprint density at radius 3 is 2.68 bits per heavy atom. The zero-order chi connectivity index (χ0) is 17.6. The Balaban J connectivity index is 1.63. The molecule has 0 radical (unpaired) electrons. The number of aldehydes is 1. The fourth-order valence-electron chi connectivity index (χ4n) is 2.38. The Labute approximate surface area is 143 Å². The quantitative estimate of drug-likeness (QED) is 0.665. The highest BCUT2D eigenvalue weighted by molar-refractivity contribution is 5.96. The third kappa shape index (κ3) is 3.74. The van der Waals surface area contributed by atoms with E-state index in [1.165, 1.54) is 17.5 Å². The number of imide groups is 1. The molecule has 3 rings (SSSR count). The monoisotopic (exact) mass is 340 g/mol. The van der Waals surface area contributed by atoms with Crippen LogP contribution in [0.5, 0.6) is 0 Å². The minimum Gasteiger partial charge on any atom is -0.463 e. The van der Waals surface area contributed by atoms with E-state index in [-0.39, 0.29) is 13.1 Å². The Morgan fingerprint density at radius 1 is 1.20 bits per heavy atom. The summed E-state index contributed by atoms with van der Waals surface area (Å²) in [5.41, 5.74) is 0.644.